The molecule has 17 nitrogen and oxygen atoms in total. The number of benzene rings is 3. The second kappa shape index (κ2) is 18.0. The summed E-state index contributed by atoms with van der Waals surface area (Å²) in [5.41, 5.74) is 0.294. The molecule has 0 bridgehead atoms. The highest BCUT2D eigenvalue weighted by Crippen LogP contribution is 2.42. The lowest BCUT2D eigenvalue weighted by atomic mass is 9.96. The van der Waals surface area contributed by atoms with Crippen molar-refractivity contribution in [3.8, 4) is 40.1 Å². The standard InChI is InChI=1S/C42H45F2N7O10/c1-6-45-39(58)37-49-48-36(29-18-28(21(2)3)30(53)19-31(29)54)51(37)25-9-13-27(14-10-25)60-26-11-7-23(8-12-26)38(57)47-34(22(4)5)32(55)17-24-15-16-50(41(59)46-24)40-42(43,44)35(56)33(20-52)61-40/h7-16,18-19,21-22,33-35,40,52-54,56H,6,17,20H2,1-5H3,(H,45,58)(H,47,57)/t33-,34+,35-,40-/m1/s1. The number of aromatic hydroxyl groups is 2. The Morgan fingerprint density at radius 3 is 2.16 bits per heavy atom. The van der Waals surface area contributed by atoms with Gasteiger partial charge in [0, 0.05) is 30.1 Å². The lowest BCUT2D eigenvalue weighted by Crippen LogP contribution is -2.45. The summed E-state index contributed by atoms with van der Waals surface area (Å²) >= 11 is 0. The first kappa shape index (κ1) is 44.0. The molecule has 1 aliphatic rings. The molecule has 0 unspecified atom stereocenters. The Hall–Kier alpha value is -6.57. The van der Waals surface area contributed by atoms with Crippen molar-refractivity contribution in [1.82, 2.24) is 34.9 Å². The van der Waals surface area contributed by atoms with Crippen LogP contribution in [-0.2, 0) is 16.0 Å². The van der Waals surface area contributed by atoms with Crippen LogP contribution in [0.2, 0.25) is 0 Å². The molecule has 0 saturated carbocycles. The Morgan fingerprint density at radius 1 is 0.934 bits per heavy atom. The summed E-state index contributed by atoms with van der Waals surface area (Å²) in [6.45, 7) is 8.39. The highest BCUT2D eigenvalue weighted by Gasteiger charge is 2.59. The van der Waals surface area contributed by atoms with Gasteiger partial charge in [0.05, 0.1) is 30.3 Å². The van der Waals surface area contributed by atoms with E-state index < -0.39 is 66.7 Å². The van der Waals surface area contributed by atoms with E-state index in [1.165, 1.54) is 28.8 Å². The predicted molar refractivity (Wildman–Crippen MR) is 214 cm³/mol. The largest absolute Gasteiger partial charge is 0.508 e. The molecule has 0 aliphatic carbocycles. The maximum Gasteiger partial charge on any atom is 0.350 e. The summed E-state index contributed by atoms with van der Waals surface area (Å²) in [4.78, 5) is 56.1. The Morgan fingerprint density at radius 2 is 1.59 bits per heavy atom. The molecular formula is C42H45F2N7O10. The summed E-state index contributed by atoms with van der Waals surface area (Å²) in [6.07, 6.45) is -5.61. The number of hydrogen-bond donors (Lipinski definition) is 6. The molecule has 5 aromatic rings. The first-order valence-corrected chi connectivity index (χ1v) is 19.4. The molecule has 2 aromatic heterocycles. The van der Waals surface area contributed by atoms with Gasteiger partial charge < -0.3 is 40.5 Å². The van der Waals surface area contributed by atoms with Gasteiger partial charge in [-0.1, -0.05) is 27.7 Å². The minimum atomic E-state index is -3.90. The quantitative estimate of drug-likeness (QED) is 0.0874. The molecule has 0 spiro atoms. The van der Waals surface area contributed by atoms with Crippen molar-refractivity contribution in [1.29, 1.82) is 0 Å². The van der Waals surface area contributed by atoms with E-state index in [4.69, 9.17) is 9.47 Å². The van der Waals surface area contributed by atoms with E-state index in [0.29, 0.717) is 33.9 Å². The van der Waals surface area contributed by atoms with Crippen LogP contribution in [-0.4, -0.2) is 99.7 Å². The zero-order valence-corrected chi connectivity index (χ0v) is 33.7. The topological polar surface area (TPSA) is 240 Å². The van der Waals surface area contributed by atoms with E-state index in [0.717, 1.165) is 6.20 Å². The molecule has 2 amide bonds. The number of alkyl halides is 2. The summed E-state index contributed by atoms with van der Waals surface area (Å²) in [6, 6.07) is 15.7. The van der Waals surface area contributed by atoms with Gasteiger partial charge in [-0.3, -0.25) is 23.5 Å². The van der Waals surface area contributed by atoms with Crippen molar-refractivity contribution in [3.05, 3.63) is 106 Å². The Balaban J connectivity index is 1.13. The smallest absolute Gasteiger partial charge is 0.350 e. The van der Waals surface area contributed by atoms with Gasteiger partial charge in [-0.05, 0) is 85.0 Å². The van der Waals surface area contributed by atoms with E-state index in [-0.39, 0.29) is 51.8 Å². The van der Waals surface area contributed by atoms with Crippen LogP contribution in [0, 0.1) is 5.92 Å². The van der Waals surface area contributed by atoms with E-state index in [9.17, 15) is 48.4 Å². The number of aromatic nitrogens is 5. The molecule has 1 saturated heterocycles. The number of phenolic OH excluding ortho intramolecular Hbond substituents is 2. The van der Waals surface area contributed by atoms with Gasteiger partial charge in [0.2, 0.25) is 12.1 Å². The van der Waals surface area contributed by atoms with Gasteiger partial charge in [0.15, 0.2) is 17.7 Å². The van der Waals surface area contributed by atoms with Crippen LogP contribution in [0.25, 0.3) is 17.1 Å². The van der Waals surface area contributed by atoms with Crippen LogP contribution in [0.4, 0.5) is 8.78 Å². The fraction of sp³-hybridized carbons (Fsp3) is 0.357. The molecule has 3 aromatic carbocycles. The van der Waals surface area contributed by atoms with Crippen molar-refractivity contribution >= 4 is 17.6 Å². The molecule has 6 N–H and O–H groups in total. The summed E-state index contributed by atoms with van der Waals surface area (Å²) in [7, 11) is 0. The average molecular weight is 846 g/mol. The van der Waals surface area contributed by atoms with Crippen LogP contribution in [0.3, 0.4) is 0 Å². The van der Waals surface area contributed by atoms with E-state index in [1.807, 2.05) is 13.8 Å². The van der Waals surface area contributed by atoms with Crippen molar-refractivity contribution in [2.45, 2.75) is 77.4 Å². The molecule has 1 aliphatic heterocycles. The third kappa shape index (κ3) is 9.13. The number of phenols is 2. The second-order valence-electron chi connectivity index (χ2n) is 15.0. The maximum absolute atomic E-state index is 14.6. The third-order valence-electron chi connectivity index (χ3n) is 10.0. The number of Topliss-reactive ketones (excluding diaryl/α,β-unsaturated/α-hetero) is 1. The number of rotatable bonds is 15. The highest BCUT2D eigenvalue weighted by molar-refractivity contribution is 5.98. The molecule has 1 fully saturated rings. The van der Waals surface area contributed by atoms with E-state index in [2.05, 4.69) is 25.8 Å². The third-order valence-corrected chi connectivity index (χ3v) is 10.0. The van der Waals surface area contributed by atoms with Gasteiger partial charge >= 0.3 is 11.6 Å². The lowest BCUT2D eigenvalue weighted by Gasteiger charge is -2.22. The molecule has 6 rings (SSSR count). The van der Waals surface area contributed by atoms with Gasteiger partial charge in [-0.25, -0.2) is 4.79 Å². The SMILES string of the molecule is CCNC(=O)c1nnc(-c2cc(C(C)C)c(O)cc2O)n1-c1ccc(Oc2ccc(C(=O)N[C@H](C(=O)Cc3ccn([C@@H]4O[C@H](CO)[C@@H](O)C4(F)F)c(=O)n3)C(C)C)cc2)cc1. The molecule has 322 valence electrons. The zero-order chi connectivity index (χ0) is 44.3. The zero-order valence-electron chi connectivity index (χ0n) is 33.7. The van der Waals surface area contributed by atoms with Crippen LogP contribution in [0.15, 0.2) is 77.7 Å². The minimum Gasteiger partial charge on any atom is -0.508 e. The van der Waals surface area contributed by atoms with Gasteiger partial charge in [0.25, 0.3) is 11.8 Å². The predicted octanol–water partition coefficient (Wildman–Crippen LogP) is 4.02. The van der Waals surface area contributed by atoms with Gasteiger partial charge in [0.1, 0.15) is 29.1 Å². The molecule has 4 atom stereocenters. The summed E-state index contributed by atoms with van der Waals surface area (Å²) in [5, 5.41) is 54.0. The van der Waals surface area contributed by atoms with Gasteiger partial charge in [-0.2, -0.15) is 13.8 Å². The van der Waals surface area contributed by atoms with Crippen LogP contribution >= 0.6 is 0 Å². The molecule has 19 heteroatoms. The summed E-state index contributed by atoms with van der Waals surface area (Å²) in [5.74, 6) is -5.38. The minimum absolute atomic E-state index is 0.0365. The second-order valence-corrected chi connectivity index (χ2v) is 15.0. The van der Waals surface area contributed by atoms with Crippen molar-refractivity contribution < 1.29 is 53.1 Å². The number of nitrogens with zero attached hydrogens (tertiary/aromatic N) is 5. The van der Waals surface area contributed by atoms with Crippen LogP contribution in [0.5, 0.6) is 23.0 Å². The Bertz CT molecular complexity index is 2470. The number of aliphatic hydroxyl groups excluding tert-OH is 2. The van der Waals surface area contributed by atoms with Crippen molar-refractivity contribution in [2.75, 3.05) is 13.2 Å². The number of hydrogen-bond acceptors (Lipinski definition) is 13. The van der Waals surface area contributed by atoms with Crippen LogP contribution in [0.1, 0.15) is 79.0 Å². The maximum atomic E-state index is 14.6. The summed E-state index contributed by atoms with van der Waals surface area (Å²) < 4.78 is 42.2. The van der Waals surface area contributed by atoms with E-state index >= 15 is 0 Å². The number of ether oxygens (including phenoxy) is 2. The molecular weight excluding hydrogens is 800 g/mol. The highest BCUT2D eigenvalue weighted by atomic mass is 19.3. The lowest BCUT2D eigenvalue weighted by molar-refractivity contribution is -0.141. The van der Waals surface area contributed by atoms with Crippen molar-refractivity contribution in [3.63, 3.8) is 0 Å². The molecule has 0 radical (unpaired) electrons. The van der Waals surface area contributed by atoms with Gasteiger partial charge in [-0.15, -0.1) is 10.2 Å². The number of nitrogens with one attached hydrogen (secondary N) is 2. The molecule has 3 heterocycles. The molecule has 61 heavy (non-hydrogen) atoms. The van der Waals surface area contributed by atoms with E-state index in [1.54, 1.807) is 63.2 Å². The monoisotopic (exact) mass is 845 g/mol. The fourth-order valence-electron chi connectivity index (χ4n) is 6.77. The number of carbonyl (C=O) groups is 3. The number of aliphatic hydroxyl groups is 2. The first-order valence-electron chi connectivity index (χ1n) is 19.4. The number of amides is 2. The average Bonchev–Trinajstić information content (AvgIpc) is 3.75. The fourth-order valence-corrected chi connectivity index (χ4v) is 6.77. The number of ketones is 1. The number of carbonyl (C=O) groups excluding carboxylic acids is 3. The normalized spacial score (nSPS) is 17.7. The van der Waals surface area contributed by atoms with Crippen molar-refractivity contribution in [2.24, 2.45) is 5.92 Å². The Kier molecular flexibility index (Phi) is 13.0. The number of halogens is 2. The first-order chi connectivity index (χ1) is 28.9. The van der Waals surface area contributed by atoms with Crippen LogP contribution < -0.4 is 21.1 Å². The Labute approximate surface area is 347 Å².